The van der Waals surface area contributed by atoms with Crippen LogP contribution in [0.4, 0.5) is 4.39 Å². The smallest absolute Gasteiger partial charge is 0.326 e. The predicted molar refractivity (Wildman–Crippen MR) is 108 cm³/mol. The van der Waals surface area contributed by atoms with Crippen LogP contribution in [-0.2, 0) is 16.0 Å². The SMILES string of the molecule is Cc1c(Cc2ccc(F)c(C(=O)N3CCN(C(C)C(=O)O)C(=O)C3)c2)n[nH]c(=O)c1C. The van der Waals surface area contributed by atoms with E-state index in [1.165, 1.54) is 34.9 Å². The number of nitrogens with zero attached hydrogens (tertiary/aromatic N) is 3. The second-order valence-corrected chi connectivity index (χ2v) is 7.57. The third kappa shape index (κ3) is 4.47. The largest absolute Gasteiger partial charge is 0.480 e. The normalized spacial score (nSPS) is 15.2. The molecule has 0 radical (unpaired) electrons. The van der Waals surface area contributed by atoms with Gasteiger partial charge in [-0.3, -0.25) is 14.4 Å². The summed E-state index contributed by atoms with van der Waals surface area (Å²) in [4.78, 5) is 50.4. The van der Waals surface area contributed by atoms with Crippen molar-refractivity contribution in [1.29, 1.82) is 0 Å². The highest BCUT2D eigenvalue weighted by molar-refractivity contribution is 5.98. The Kier molecular flexibility index (Phi) is 6.19. The quantitative estimate of drug-likeness (QED) is 0.726. The molecule has 2 amide bonds. The minimum atomic E-state index is -1.13. The summed E-state index contributed by atoms with van der Waals surface area (Å²) >= 11 is 0. The highest BCUT2D eigenvalue weighted by atomic mass is 19.1. The molecule has 1 aliphatic heterocycles. The molecule has 1 atom stereocenters. The van der Waals surface area contributed by atoms with Crippen LogP contribution >= 0.6 is 0 Å². The molecule has 1 unspecified atom stereocenters. The number of aromatic amines is 1. The van der Waals surface area contributed by atoms with Gasteiger partial charge in [-0.15, -0.1) is 0 Å². The highest BCUT2D eigenvalue weighted by Gasteiger charge is 2.33. The number of carbonyl (C=O) groups excluding carboxylic acids is 2. The summed E-state index contributed by atoms with van der Waals surface area (Å²) < 4.78 is 14.4. The topological polar surface area (TPSA) is 124 Å². The Labute approximate surface area is 177 Å². The maximum absolute atomic E-state index is 14.4. The van der Waals surface area contributed by atoms with Crippen LogP contribution in [0.5, 0.6) is 0 Å². The number of amides is 2. The number of hydrogen-bond donors (Lipinski definition) is 2. The fourth-order valence-electron chi connectivity index (χ4n) is 3.46. The van der Waals surface area contributed by atoms with E-state index in [0.717, 1.165) is 5.56 Å². The molecule has 3 rings (SSSR count). The number of rotatable bonds is 5. The third-order valence-electron chi connectivity index (χ3n) is 5.63. The van der Waals surface area contributed by atoms with E-state index in [4.69, 9.17) is 5.11 Å². The highest BCUT2D eigenvalue weighted by Crippen LogP contribution is 2.19. The average molecular weight is 430 g/mol. The maximum Gasteiger partial charge on any atom is 0.326 e. The van der Waals surface area contributed by atoms with Crippen molar-refractivity contribution in [2.24, 2.45) is 0 Å². The lowest BCUT2D eigenvalue weighted by molar-refractivity contribution is -0.151. The van der Waals surface area contributed by atoms with E-state index >= 15 is 0 Å². The Morgan fingerprint density at radius 1 is 1.23 bits per heavy atom. The fourth-order valence-corrected chi connectivity index (χ4v) is 3.46. The molecule has 1 aromatic carbocycles. The van der Waals surface area contributed by atoms with Crippen molar-refractivity contribution in [2.75, 3.05) is 19.6 Å². The first-order chi connectivity index (χ1) is 14.6. The maximum atomic E-state index is 14.4. The number of benzene rings is 1. The molecule has 1 aromatic heterocycles. The monoisotopic (exact) mass is 430 g/mol. The van der Waals surface area contributed by atoms with E-state index < -0.39 is 29.6 Å². The van der Waals surface area contributed by atoms with E-state index in [-0.39, 0.29) is 37.2 Å². The van der Waals surface area contributed by atoms with Crippen LogP contribution in [0.3, 0.4) is 0 Å². The lowest BCUT2D eigenvalue weighted by Gasteiger charge is -2.36. The number of aromatic nitrogens is 2. The van der Waals surface area contributed by atoms with Gasteiger partial charge in [-0.1, -0.05) is 6.07 Å². The number of carboxylic acid groups (broad SMARTS) is 1. The summed E-state index contributed by atoms with van der Waals surface area (Å²) in [6, 6.07) is 3.13. The first-order valence-corrected chi connectivity index (χ1v) is 9.75. The van der Waals surface area contributed by atoms with Gasteiger partial charge in [0.2, 0.25) is 5.91 Å². The molecule has 1 aliphatic rings. The van der Waals surface area contributed by atoms with Crippen molar-refractivity contribution in [3.8, 4) is 0 Å². The second-order valence-electron chi connectivity index (χ2n) is 7.57. The number of aliphatic carboxylic acids is 1. The van der Waals surface area contributed by atoms with E-state index in [9.17, 15) is 23.6 Å². The van der Waals surface area contributed by atoms with Crippen LogP contribution < -0.4 is 5.56 Å². The molecule has 164 valence electrons. The molecule has 31 heavy (non-hydrogen) atoms. The van der Waals surface area contributed by atoms with Gasteiger partial charge in [0.05, 0.1) is 11.3 Å². The Hall–Kier alpha value is -3.56. The van der Waals surface area contributed by atoms with Gasteiger partial charge < -0.3 is 14.9 Å². The minimum Gasteiger partial charge on any atom is -0.480 e. The zero-order chi connectivity index (χ0) is 22.9. The minimum absolute atomic E-state index is 0.0547. The van der Waals surface area contributed by atoms with Crippen molar-refractivity contribution in [2.45, 2.75) is 33.2 Å². The first kappa shape index (κ1) is 22.1. The van der Waals surface area contributed by atoms with Crippen molar-refractivity contribution in [1.82, 2.24) is 20.0 Å². The van der Waals surface area contributed by atoms with Gasteiger partial charge in [-0.25, -0.2) is 14.3 Å². The average Bonchev–Trinajstić information content (AvgIpc) is 2.74. The Balaban J connectivity index is 1.80. The fraction of sp³-hybridized carbons (Fsp3) is 0.381. The molecule has 2 heterocycles. The van der Waals surface area contributed by atoms with Crippen LogP contribution in [-0.4, -0.2) is 68.6 Å². The molecule has 0 bridgehead atoms. The van der Waals surface area contributed by atoms with Gasteiger partial charge in [-0.2, -0.15) is 5.10 Å². The number of carboxylic acids is 1. The van der Waals surface area contributed by atoms with Gasteiger partial charge in [0.25, 0.3) is 11.5 Å². The lowest BCUT2D eigenvalue weighted by atomic mass is 10.0. The van der Waals surface area contributed by atoms with Gasteiger partial charge in [0.15, 0.2) is 0 Å². The van der Waals surface area contributed by atoms with Crippen molar-refractivity contribution < 1.29 is 23.9 Å². The molecule has 1 fully saturated rings. The Morgan fingerprint density at radius 3 is 2.58 bits per heavy atom. The lowest BCUT2D eigenvalue weighted by Crippen LogP contribution is -2.56. The molecule has 2 aromatic rings. The van der Waals surface area contributed by atoms with Crippen LogP contribution in [0.15, 0.2) is 23.0 Å². The van der Waals surface area contributed by atoms with E-state index in [1.54, 1.807) is 13.8 Å². The number of halogens is 1. The van der Waals surface area contributed by atoms with Gasteiger partial charge in [0.1, 0.15) is 18.4 Å². The summed E-state index contributed by atoms with van der Waals surface area (Å²) in [5, 5.41) is 15.6. The van der Waals surface area contributed by atoms with Gasteiger partial charge >= 0.3 is 5.97 Å². The molecule has 0 aliphatic carbocycles. The third-order valence-corrected chi connectivity index (χ3v) is 5.63. The molecular weight excluding hydrogens is 407 g/mol. The predicted octanol–water partition coefficient (Wildman–Crippen LogP) is 0.874. The summed E-state index contributed by atoms with van der Waals surface area (Å²) in [5.74, 6) is -3.00. The van der Waals surface area contributed by atoms with Crippen LogP contribution in [0.25, 0.3) is 0 Å². The van der Waals surface area contributed by atoms with E-state index in [1.807, 2.05) is 0 Å². The molecule has 0 spiro atoms. The summed E-state index contributed by atoms with van der Waals surface area (Å²) in [5.41, 5.74) is 2.02. The first-order valence-electron chi connectivity index (χ1n) is 9.75. The molecule has 2 N–H and O–H groups in total. The molecule has 0 saturated carbocycles. The Bertz CT molecular complexity index is 1110. The number of carbonyl (C=O) groups is 3. The van der Waals surface area contributed by atoms with E-state index in [2.05, 4.69) is 10.2 Å². The zero-order valence-corrected chi connectivity index (χ0v) is 17.4. The summed E-state index contributed by atoms with van der Waals surface area (Å²) in [7, 11) is 0. The number of hydrogen-bond acceptors (Lipinski definition) is 5. The molecule has 1 saturated heterocycles. The number of piperazine rings is 1. The van der Waals surface area contributed by atoms with Crippen molar-refractivity contribution in [3.63, 3.8) is 0 Å². The van der Waals surface area contributed by atoms with Crippen molar-refractivity contribution in [3.05, 3.63) is 62.3 Å². The van der Waals surface area contributed by atoms with Gasteiger partial charge in [0, 0.05) is 25.1 Å². The van der Waals surface area contributed by atoms with Crippen LogP contribution in [0.2, 0.25) is 0 Å². The molecule has 10 heteroatoms. The van der Waals surface area contributed by atoms with Crippen LogP contribution in [0, 0.1) is 19.7 Å². The number of H-pyrrole nitrogens is 1. The van der Waals surface area contributed by atoms with Gasteiger partial charge in [-0.05, 0) is 44.0 Å². The standard InChI is InChI=1S/C21H23FN4O5/c1-11-12(2)19(28)24-23-17(11)9-14-4-5-16(22)15(8-14)20(29)25-6-7-26(18(27)10-25)13(3)21(30)31/h4-5,8,13H,6-7,9-10H2,1-3H3,(H,24,28)(H,30,31). The molecule has 9 nitrogen and oxygen atoms in total. The second kappa shape index (κ2) is 8.66. The number of nitrogens with one attached hydrogen (secondary N) is 1. The van der Waals surface area contributed by atoms with Crippen molar-refractivity contribution >= 4 is 17.8 Å². The summed E-state index contributed by atoms with van der Waals surface area (Å²) in [6.07, 6.45) is 0.285. The van der Waals surface area contributed by atoms with E-state index in [0.29, 0.717) is 16.8 Å². The molecular formula is C21H23FN4O5. The Morgan fingerprint density at radius 2 is 1.94 bits per heavy atom. The summed E-state index contributed by atoms with van der Waals surface area (Å²) in [6.45, 7) is 4.69. The van der Waals surface area contributed by atoms with Crippen LogP contribution in [0.1, 0.15) is 39.7 Å². The zero-order valence-electron chi connectivity index (χ0n) is 17.4.